The molecule has 1 aromatic carbocycles. The van der Waals surface area contributed by atoms with Crippen molar-refractivity contribution in [3.05, 3.63) is 51.8 Å². The van der Waals surface area contributed by atoms with E-state index in [1.165, 1.54) is 0 Å². The molecular formula is C15H11BrClN3O. The molecule has 0 N–H and O–H groups in total. The fraction of sp³-hybridized carbons (Fsp3) is 0.133. The van der Waals surface area contributed by atoms with Gasteiger partial charge in [0.2, 0.25) is 0 Å². The molecule has 0 saturated carbocycles. The number of ether oxygens (including phenoxy) is 1. The monoisotopic (exact) mass is 363 g/mol. The van der Waals surface area contributed by atoms with Crippen molar-refractivity contribution in [1.82, 2.24) is 15.0 Å². The molecule has 0 radical (unpaired) electrons. The Morgan fingerprint density at radius 2 is 2.00 bits per heavy atom. The first-order valence-corrected chi connectivity index (χ1v) is 7.42. The maximum Gasteiger partial charge on any atom is 0.162 e. The van der Waals surface area contributed by atoms with E-state index in [1.807, 2.05) is 30.3 Å². The van der Waals surface area contributed by atoms with Gasteiger partial charge < -0.3 is 4.74 Å². The van der Waals surface area contributed by atoms with Gasteiger partial charge in [-0.2, -0.15) is 0 Å². The molecule has 6 heteroatoms. The number of methoxy groups -OCH3 is 1. The second-order valence-corrected chi connectivity index (χ2v) is 5.56. The quantitative estimate of drug-likeness (QED) is 0.652. The van der Waals surface area contributed by atoms with Gasteiger partial charge in [-0.1, -0.05) is 29.8 Å². The second kappa shape index (κ2) is 6.05. The minimum absolute atomic E-state index is 0.360. The minimum Gasteiger partial charge on any atom is -0.378 e. The van der Waals surface area contributed by atoms with Crippen molar-refractivity contribution in [2.45, 2.75) is 6.61 Å². The van der Waals surface area contributed by atoms with Gasteiger partial charge in [0.1, 0.15) is 5.15 Å². The summed E-state index contributed by atoms with van der Waals surface area (Å²) in [5.74, 6) is 0.564. The fourth-order valence-corrected chi connectivity index (χ4v) is 2.59. The number of rotatable bonds is 3. The molecule has 0 aliphatic heterocycles. The molecule has 0 atom stereocenters. The third-order valence-electron chi connectivity index (χ3n) is 3.05. The third kappa shape index (κ3) is 2.77. The van der Waals surface area contributed by atoms with Crippen LogP contribution < -0.4 is 0 Å². The molecule has 21 heavy (non-hydrogen) atoms. The number of fused-ring (bicyclic) bond motifs is 1. The summed E-state index contributed by atoms with van der Waals surface area (Å²) in [6.07, 6.45) is 1.74. The number of pyridine rings is 1. The molecular weight excluding hydrogens is 354 g/mol. The van der Waals surface area contributed by atoms with Crippen LogP contribution in [0.25, 0.3) is 22.3 Å². The van der Waals surface area contributed by atoms with E-state index in [1.54, 1.807) is 13.3 Å². The van der Waals surface area contributed by atoms with Gasteiger partial charge in [0.15, 0.2) is 5.82 Å². The van der Waals surface area contributed by atoms with E-state index in [-0.39, 0.29) is 0 Å². The van der Waals surface area contributed by atoms with Crippen molar-refractivity contribution in [3.8, 4) is 11.4 Å². The molecule has 106 valence electrons. The van der Waals surface area contributed by atoms with E-state index in [0.717, 1.165) is 16.5 Å². The zero-order valence-corrected chi connectivity index (χ0v) is 13.5. The number of aromatic nitrogens is 3. The van der Waals surface area contributed by atoms with Crippen LogP contribution in [0, 0.1) is 0 Å². The van der Waals surface area contributed by atoms with Crippen molar-refractivity contribution in [3.63, 3.8) is 0 Å². The third-order valence-corrected chi connectivity index (χ3v) is 4.39. The lowest BCUT2D eigenvalue weighted by molar-refractivity contribution is 0.181. The summed E-state index contributed by atoms with van der Waals surface area (Å²) in [6.45, 7) is 0.360. The van der Waals surface area contributed by atoms with Crippen molar-refractivity contribution in [2.24, 2.45) is 0 Å². The van der Waals surface area contributed by atoms with Crippen molar-refractivity contribution >= 4 is 38.4 Å². The lowest BCUT2D eigenvalue weighted by Crippen LogP contribution is -2.00. The second-order valence-electron chi connectivity index (χ2n) is 4.41. The zero-order valence-electron chi connectivity index (χ0n) is 11.2. The van der Waals surface area contributed by atoms with Crippen LogP contribution in [0.5, 0.6) is 0 Å². The molecule has 0 fully saturated rings. The first-order chi connectivity index (χ1) is 10.2. The summed E-state index contributed by atoms with van der Waals surface area (Å²) in [6, 6.07) is 9.75. The van der Waals surface area contributed by atoms with Gasteiger partial charge in [0, 0.05) is 24.3 Å². The average Bonchev–Trinajstić information content (AvgIpc) is 2.51. The zero-order chi connectivity index (χ0) is 14.8. The lowest BCUT2D eigenvalue weighted by Gasteiger charge is -2.09. The Labute approximate surface area is 135 Å². The molecule has 0 amide bonds. The van der Waals surface area contributed by atoms with E-state index in [9.17, 15) is 0 Å². The van der Waals surface area contributed by atoms with Crippen LogP contribution in [-0.2, 0) is 11.3 Å². The molecule has 0 saturated heterocycles. The molecule has 0 unspecified atom stereocenters. The Bertz CT molecular complexity index is 805. The van der Waals surface area contributed by atoms with E-state index >= 15 is 0 Å². The summed E-state index contributed by atoms with van der Waals surface area (Å²) in [7, 11) is 1.62. The summed E-state index contributed by atoms with van der Waals surface area (Å²) >= 11 is 9.57. The van der Waals surface area contributed by atoms with E-state index in [0.29, 0.717) is 27.8 Å². The number of benzene rings is 1. The number of hydrogen-bond donors (Lipinski definition) is 0. The molecule has 4 nitrogen and oxygen atoms in total. The molecule has 3 rings (SSSR count). The largest absolute Gasteiger partial charge is 0.378 e. The first-order valence-electron chi connectivity index (χ1n) is 6.25. The molecule has 3 aromatic rings. The topological polar surface area (TPSA) is 47.9 Å². The molecule has 2 aromatic heterocycles. The van der Waals surface area contributed by atoms with Crippen molar-refractivity contribution in [2.75, 3.05) is 7.11 Å². The van der Waals surface area contributed by atoms with Crippen molar-refractivity contribution < 1.29 is 4.74 Å². The summed E-state index contributed by atoms with van der Waals surface area (Å²) < 4.78 is 5.81. The summed E-state index contributed by atoms with van der Waals surface area (Å²) in [4.78, 5) is 13.3. The highest BCUT2D eigenvalue weighted by atomic mass is 79.9. The Morgan fingerprint density at radius 3 is 2.81 bits per heavy atom. The van der Waals surface area contributed by atoms with Crippen LogP contribution >= 0.6 is 27.5 Å². The predicted molar refractivity (Wildman–Crippen MR) is 86.2 cm³/mol. The number of hydrogen-bond acceptors (Lipinski definition) is 4. The highest BCUT2D eigenvalue weighted by molar-refractivity contribution is 9.10. The molecule has 0 spiro atoms. The smallest absolute Gasteiger partial charge is 0.162 e. The number of nitrogens with zero attached hydrogens (tertiary/aromatic N) is 3. The van der Waals surface area contributed by atoms with Crippen LogP contribution in [0.3, 0.4) is 0 Å². The first kappa shape index (κ1) is 14.4. The highest BCUT2D eigenvalue weighted by Crippen LogP contribution is 2.30. The molecule has 0 bridgehead atoms. The van der Waals surface area contributed by atoms with Gasteiger partial charge in [0.05, 0.1) is 22.3 Å². The Kier molecular flexibility index (Phi) is 4.14. The fourth-order valence-electron chi connectivity index (χ4n) is 2.11. The van der Waals surface area contributed by atoms with E-state index < -0.39 is 0 Å². The summed E-state index contributed by atoms with van der Waals surface area (Å²) in [5, 5.41) is 1.36. The average molecular weight is 365 g/mol. The van der Waals surface area contributed by atoms with Crippen LogP contribution in [0.2, 0.25) is 5.15 Å². The summed E-state index contributed by atoms with van der Waals surface area (Å²) in [5.41, 5.74) is 2.51. The van der Waals surface area contributed by atoms with Gasteiger partial charge in [-0.3, -0.25) is 4.98 Å². The Balaban J connectivity index is 2.23. The van der Waals surface area contributed by atoms with Crippen LogP contribution in [-0.4, -0.2) is 22.1 Å². The Morgan fingerprint density at radius 1 is 1.19 bits per heavy atom. The maximum atomic E-state index is 6.19. The van der Waals surface area contributed by atoms with Gasteiger partial charge in [-0.05, 0) is 28.1 Å². The van der Waals surface area contributed by atoms with Crippen LogP contribution in [0.1, 0.15) is 5.69 Å². The standard InChI is InChI=1S/C15H11BrClN3O/c1-21-8-12-13(16)14(17)20-15(19-12)10-6-7-18-11-5-3-2-4-9(10)11/h2-7H,8H2,1H3. The molecule has 0 aliphatic carbocycles. The van der Waals surface area contributed by atoms with Gasteiger partial charge in [-0.25, -0.2) is 9.97 Å². The number of para-hydroxylation sites is 1. The van der Waals surface area contributed by atoms with Gasteiger partial charge in [0.25, 0.3) is 0 Å². The molecule has 0 aliphatic rings. The minimum atomic E-state index is 0.360. The van der Waals surface area contributed by atoms with E-state index in [2.05, 4.69) is 30.9 Å². The lowest BCUT2D eigenvalue weighted by atomic mass is 10.1. The predicted octanol–water partition coefficient (Wildman–Crippen LogP) is 4.25. The number of halogens is 2. The van der Waals surface area contributed by atoms with Crippen molar-refractivity contribution in [1.29, 1.82) is 0 Å². The van der Waals surface area contributed by atoms with Crippen LogP contribution in [0.4, 0.5) is 0 Å². The maximum absolute atomic E-state index is 6.19. The van der Waals surface area contributed by atoms with Gasteiger partial charge >= 0.3 is 0 Å². The van der Waals surface area contributed by atoms with E-state index in [4.69, 9.17) is 16.3 Å². The molecule has 2 heterocycles. The highest BCUT2D eigenvalue weighted by Gasteiger charge is 2.14. The van der Waals surface area contributed by atoms with Gasteiger partial charge in [-0.15, -0.1) is 0 Å². The SMILES string of the molecule is COCc1nc(-c2ccnc3ccccc23)nc(Cl)c1Br. The van der Waals surface area contributed by atoms with Crippen LogP contribution in [0.15, 0.2) is 41.0 Å². The Hall–Kier alpha value is -1.56. The normalized spacial score (nSPS) is 11.0.